The van der Waals surface area contributed by atoms with Crippen molar-refractivity contribution in [3.8, 4) is 5.75 Å². The fourth-order valence-corrected chi connectivity index (χ4v) is 1.94. The van der Waals surface area contributed by atoms with Crippen molar-refractivity contribution >= 4 is 5.91 Å². The number of methoxy groups -OCH3 is 1. The molecular weight excluding hydrogens is 228 g/mol. The number of hydrogen-bond acceptors (Lipinski definition) is 3. The van der Waals surface area contributed by atoms with Crippen molar-refractivity contribution in [2.24, 2.45) is 5.73 Å². The summed E-state index contributed by atoms with van der Waals surface area (Å²) in [6.45, 7) is 8.19. The zero-order valence-corrected chi connectivity index (χ0v) is 11.8. The molecule has 0 aromatic heterocycles. The molecular formula is C14H22N2O2. The third kappa shape index (κ3) is 3.01. The van der Waals surface area contributed by atoms with E-state index >= 15 is 0 Å². The van der Waals surface area contributed by atoms with Crippen LogP contribution < -0.4 is 15.8 Å². The second-order valence-corrected chi connectivity index (χ2v) is 4.65. The predicted octanol–water partition coefficient (Wildman–Crippen LogP) is 1.58. The Labute approximate surface area is 109 Å². The topological polar surface area (TPSA) is 64.3 Å². The number of nitrogens with two attached hydrogens (primary N) is 1. The summed E-state index contributed by atoms with van der Waals surface area (Å²) in [6.07, 6.45) is 0. The predicted molar refractivity (Wildman–Crippen MR) is 72.7 cm³/mol. The smallest absolute Gasteiger partial charge is 0.236 e. The van der Waals surface area contributed by atoms with Gasteiger partial charge in [0.2, 0.25) is 5.91 Å². The molecule has 0 saturated carbocycles. The molecule has 100 valence electrons. The number of nitrogens with one attached hydrogen (secondary N) is 1. The molecule has 4 heteroatoms. The largest absolute Gasteiger partial charge is 0.496 e. The lowest BCUT2D eigenvalue weighted by Gasteiger charge is -2.17. The van der Waals surface area contributed by atoms with Gasteiger partial charge in [-0.2, -0.15) is 0 Å². The molecule has 1 aromatic carbocycles. The summed E-state index contributed by atoms with van der Waals surface area (Å²) in [4.78, 5) is 11.5. The van der Waals surface area contributed by atoms with Gasteiger partial charge in [-0.25, -0.2) is 0 Å². The molecule has 0 aliphatic rings. The van der Waals surface area contributed by atoms with Gasteiger partial charge >= 0.3 is 0 Å². The van der Waals surface area contributed by atoms with Crippen molar-refractivity contribution in [3.63, 3.8) is 0 Å². The highest BCUT2D eigenvalue weighted by molar-refractivity contribution is 5.81. The van der Waals surface area contributed by atoms with E-state index < -0.39 is 6.04 Å². The van der Waals surface area contributed by atoms with Gasteiger partial charge in [0.25, 0.3) is 0 Å². The van der Waals surface area contributed by atoms with Crippen LogP contribution in [-0.2, 0) is 11.3 Å². The third-order valence-electron chi connectivity index (χ3n) is 3.17. The van der Waals surface area contributed by atoms with Crippen LogP contribution in [0, 0.1) is 20.8 Å². The maximum Gasteiger partial charge on any atom is 0.236 e. The molecule has 0 aliphatic heterocycles. The average molecular weight is 250 g/mol. The van der Waals surface area contributed by atoms with Gasteiger partial charge in [-0.15, -0.1) is 0 Å². The number of rotatable bonds is 4. The molecule has 1 amide bonds. The third-order valence-corrected chi connectivity index (χ3v) is 3.17. The minimum Gasteiger partial charge on any atom is -0.496 e. The zero-order valence-electron chi connectivity index (χ0n) is 11.8. The van der Waals surface area contributed by atoms with Gasteiger partial charge in [-0.05, 0) is 44.4 Å². The molecule has 18 heavy (non-hydrogen) atoms. The quantitative estimate of drug-likeness (QED) is 0.852. The molecule has 1 atom stereocenters. The highest BCUT2D eigenvalue weighted by atomic mass is 16.5. The molecule has 0 heterocycles. The number of ether oxygens (including phenoxy) is 1. The van der Waals surface area contributed by atoms with Crippen LogP contribution in [0.3, 0.4) is 0 Å². The van der Waals surface area contributed by atoms with Crippen molar-refractivity contribution < 1.29 is 9.53 Å². The zero-order chi connectivity index (χ0) is 13.9. The van der Waals surface area contributed by atoms with E-state index in [1.807, 2.05) is 13.8 Å². The fourth-order valence-electron chi connectivity index (χ4n) is 1.94. The normalized spacial score (nSPS) is 12.1. The first kappa shape index (κ1) is 14.5. The molecule has 3 N–H and O–H groups in total. The maximum absolute atomic E-state index is 11.5. The van der Waals surface area contributed by atoms with E-state index in [2.05, 4.69) is 18.3 Å². The van der Waals surface area contributed by atoms with Crippen LogP contribution >= 0.6 is 0 Å². The van der Waals surface area contributed by atoms with Gasteiger partial charge in [0, 0.05) is 12.1 Å². The number of aryl methyl sites for hydroxylation is 2. The first-order chi connectivity index (χ1) is 8.38. The Kier molecular flexibility index (Phi) is 4.73. The van der Waals surface area contributed by atoms with Crippen molar-refractivity contribution in [3.05, 3.63) is 28.3 Å². The van der Waals surface area contributed by atoms with E-state index in [-0.39, 0.29) is 5.91 Å². The summed E-state index contributed by atoms with van der Waals surface area (Å²) in [5.41, 5.74) is 9.93. The van der Waals surface area contributed by atoms with Gasteiger partial charge < -0.3 is 15.8 Å². The molecule has 1 rings (SSSR count). The van der Waals surface area contributed by atoms with E-state index in [1.165, 1.54) is 5.56 Å². The number of hydrogen-bond donors (Lipinski definition) is 2. The van der Waals surface area contributed by atoms with Crippen LogP contribution in [-0.4, -0.2) is 19.1 Å². The Bertz CT molecular complexity index is 454. The standard InChI is InChI=1S/C14H22N2O2/c1-8-6-9(2)12(13(18-5)10(8)3)7-16-14(17)11(4)15/h6,11H,7,15H2,1-5H3,(H,16,17). The maximum atomic E-state index is 11.5. The number of carbonyl (C=O) groups is 1. The van der Waals surface area contributed by atoms with Gasteiger partial charge in [0.05, 0.1) is 13.2 Å². The van der Waals surface area contributed by atoms with E-state index in [0.717, 1.165) is 22.4 Å². The van der Waals surface area contributed by atoms with E-state index in [0.29, 0.717) is 6.54 Å². The van der Waals surface area contributed by atoms with Crippen molar-refractivity contribution in [1.29, 1.82) is 0 Å². The highest BCUT2D eigenvalue weighted by Gasteiger charge is 2.14. The lowest BCUT2D eigenvalue weighted by molar-refractivity contribution is -0.122. The van der Waals surface area contributed by atoms with Gasteiger partial charge in [0.15, 0.2) is 0 Å². The number of benzene rings is 1. The van der Waals surface area contributed by atoms with Crippen molar-refractivity contribution in [1.82, 2.24) is 5.32 Å². The number of carbonyl (C=O) groups excluding carboxylic acids is 1. The molecule has 0 saturated heterocycles. The van der Waals surface area contributed by atoms with Crippen LogP contribution in [0.15, 0.2) is 6.07 Å². The summed E-state index contributed by atoms with van der Waals surface area (Å²) in [6, 6.07) is 1.61. The first-order valence-electron chi connectivity index (χ1n) is 6.05. The van der Waals surface area contributed by atoms with E-state index in [4.69, 9.17) is 10.5 Å². The molecule has 0 spiro atoms. The van der Waals surface area contributed by atoms with Gasteiger partial charge in [-0.3, -0.25) is 4.79 Å². The second-order valence-electron chi connectivity index (χ2n) is 4.65. The van der Waals surface area contributed by atoms with Crippen molar-refractivity contribution in [2.75, 3.05) is 7.11 Å². The summed E-state index contributed by atoms with van der Waals surface area (Å²) in [7, 11) is 1.65. The average Bonchev–Trinajstić information content (AvgIpc) is 2.31. The van der Waals surface area contributed by atoms with Crippen LogP contribution in [0.5, 0.6) is 5.75 Å². The van der Waals surface area contributed by atoms with Crippen LogP contribution in [0.4, 0.5) is 0 Å². The Morgan fingerprint density at radius 1 is 1.39 bits per heavy atom. The monoisotopic (exact) mass is 250 g/mol. The summed E-state index contributed by atoms with van der Waals surface area (Å²) < 4.78 is 5.45. The second kappa shape index (κ2) is 5.87. The van der Waals surface area contributed by atoms with Crippen LogP contribution in [0.25, 0.3) is 0 Å². The highest BCUT2D eigenvalue weighted by Crippen LogP contribution is 2.29. The number of amides is 1. The molecule has 0 radical (unpaired) electrons. The lowest BCUT2D eigenvalue weighted by Crippen LogP contribution is -2.38. The fraction of sp³-hybridized carbons (Fsp3) is 0.500. The Morgan fingerprint density at radius 3 is 2.50 bits per heavy atom. The van der Waals surface area contributed by atoms with E-state index in [9.17, 15) is 4.79 Å². The molecule has 0 fully saturated rings. The summed E-state index contributed by atoms with van der Waals surface area (Å²) >= 11 is 0. The Morgan fingerprint density at radius 2 is 2.00 bits per heavy atom. The lowest BCUT2D eigenvalue weighted by atomic mass is 9.99. The molecule has 1 unspecified atom stereocenters. The van der Waals surface area contributed by atoms with Crippen LogP contribution in [0.1, 0.15) is 29.2 Å². The molecule has 4 nitrogen and oxygen atoms in total. The van der Waals surface area contributed by atoms with Crippen molar-refractivity contribution in [2.45, 2.75) is 40.3 Å². The SMILES string of the molecule is COc1c(C)c(C)cc(C)c1CNC(=O)C(C)N. The van der Waals surface area contributed by atoms with Crippen LogP contribution in [0.2, 0.25) is 0 Å². The first-order valence-corrected chi connectivity index (χ1v) is 6.05. The van der Waals surface area contributed by atoms with Gasteiger partial charge in [0.1, 0.15) is 5.75 Å². The minimum atomic E-state index is -0.497. The summed E-state index contributed by atoms with van der Waals surface area (Å²) in [5.74, 6) is 0.687. The molecule has 1 aromatic rings. The van der Waals surface area contributed by atoms with E-state index in [1.54, 1.807) is 14.0 Å². The summed E-state index contributed by atoms with van der Waals surface area (Å²) in [5, 5.41) is 2.82. The molecule has 0 bridgehead atoms. The molecule has 0 aliphatic carbocycles. The Balaban J connectivity index is 3.01. The minimum absolute atomic E-state index is 0.158. The van der Waals surface area contributed by atoms with Gasteiger partial charge in [-0.1, -0.05) is 6.07 Å². The Hall–Kier alpha value is -1.55.